The molecule has 0 aliphatic carbocycles. The highest BCUT2D eigenvalue weighted by Crippen LogP contribution is 2.38. The van der Waals surface area contributed by atoms with Crippen LogP contribution in [-0.2, 0) is 0 Å². The Morgan fingerprint density at radius 2 is 1.65 bits per heavy atom. The van der Waals surface area contributed by atoms with Crippen molar-refractivity contribution in [1.29, 1.82) is 0 Å². The number of ether oxygens (including phenoxy) is 3. The van der Waals surface area contributed by atoms with Crippen LogP contribution in [0.15, 0.2) is 72.9 Å². The Morgan fingerprint density at radius 1 is 0.971 bits per heavy atom. The first-order valence-electron chi connectivity index (χ1n) is 10.5. The van der Waals surface area contributed by atoms with E-state index in [-0.39, 0.29) is 0 Å². The van der Waals surface area contributed by atoms with Crippen molar-refractivity contribution in [2.24, 2.45) is 0 Å². The maximum absolute atomic E-state index is 12.1. The normalized spacial score (nSPS) is 11.6. The lowest BCUT2D eigenvalue weighted by atomic mass is 10.1. The largest absolute Gasteiger partial charge is 0.493 e. The van der Waals surface area contributed by atoms with E-state index in [2.05, 4.69) is 4.98 Å². The van der Waals surface area contributed by atoms with Gasteiger partial charge >= 0.3 is 6.09 Å². The van der Waals surface area contributed by atoms with Gasteiger partial charge in [-0.05, 0) is 55.0 Å². The molecule has 1 N–H and O–H groups in total. The average Bonchev–Trinajstić information content (AvgIpc) is 2.84. The molecule has 1 amide bonds. The van der Waals surface area contributed by atoms with E-state index in [1.54, 1.807) is 69.8 Å². The number of anilines is 1. The van der Waals surface area contributed by atoms with Gasteiger partial charge in [0.25, 0.3) is 0 Å². The van der Waals surface area contributed by atoms with Gasteiger partial charge in [-0.2, -0.15) is 0 Å². The minimum Gasteiger partial charge on any atom is -0.493 e. The predicted molar refractivity (Wildman–Crippen MR) is 132 cm³/mol. The lowest BCUT2D eigenvalue weighted by Crippen LogP contribution is -2.32. The van der Waals surface area contributed by atoms with E-state index in [1.165, 1.54) is 4.90 Å². The van der Waals surface area contributed by atoms with E-state index < -0.39 is 12.1 Å². The standard InChI is InChI=1S/C26H23ClN2O5/c1-16(19-6-4-5-7-21(19)27)29(26(30)31)17-8-10-18(11-9-17)34-23-12-13-28-22-15-25(33-3)24(32-2)14-20(22)23/h4-16H,1-3H3,(H,30,31). The number of carboxylic acid groups (broad SMARTS) is 1. The molecule has 1 aromatic heterocycles. The first kappa shape index (κ1) is 23.2. The monoisotopic (exact) mass is 478 g/mol. The van der Waals surface area contributed by atoms with Crippen LogP contribution in [0.4, 0.5) is 10.5 Å². The number of pyridine rings is 1. The summed E-state index contributed by atoms with van der Waals surface area (Å²) in [6.45, 7) is 1.80. The molecule has 0 bridgehead atoms. The predicted octanol–water partition coefficient (Wildman–Crippen LogP) is 6.94. The zero-order valence-corrected chi connectivity index (χ0v) is 19.6. The number of nitrogens with zero attached hydrogens (tertiary/aromatic N) is 2. The first-order chi connectivity index (χ1) is 16.4. The van der Waals surface area contributed by atoms with Crippen molar-refractivity contribution >= 4 is 34.3 Å². The summed E-state index contributed by atoms with van der Waals surface area (Å²) in [6, 6.07) is 18.9. The molecule has 0 saturated heterocycles. The average molecular weight is 479 g/mol. The third-order valence-electron chi connectivity index (χ3n) is 5.50. The van der Waals surface area contributed by atoms with Crippen molar-refractivity contribution in [3.63, 3.8) is 0 Å². The molecular weight excluding hydrogens is 456 g/mol. The number of hydrogen-bond acceptors (Lipinski definition) is 5. The lowest BCUT2D eigenvalue weighted by Gasteiger charge is -2.27. The Hall–Kier alpha value is -3.97. The fourth-order valence-corrected chi connectivity index (χ4v) is 4.08. The number of amides is 1. The molecule has 8 heteroatoms. The van der Waals surface area contributed by atoms with Gasteiger partial charge in [-0.1, -0.05) is 29.8 Å². The molecule has 34 heavy (non-hydrogen) atoms. The number of rotatable bonds is 7. The van der Waals surface area contributed by atoms with Crippen LogP contribution in [0.5, 0.6) is 23.0 Å². The number of hydrogen-bond donors (Lipinski definition) is 1. The van der Waals surface area contributed by atoms with Gasteiger partial charge in [0.15, 0.2) is 11.5 Å². The van der Waals surface area contributed by atoms with Gasteiger partial charge in [0.2, 0.25) is 0 Å². The molecule has 7 nitrogen and oxygen atoms in total. The Morgan fingerprint density at radius 3 is 2.29 bits per heavy atom. The molecule has 174 valence electrons. The number of fused-ring (bicyclic) bond motifs is 1. The molecule has 0 aliphatic heterocycles. The number of benzene rings is 3. The van der Waals surface area contributed by atoms with Crippen LogP contribution in [0.1, 0.15) is 18.5 Å². The zero-order chi connectivity index (χ0) is 24.2. The Balaban J connectivity index is 1.63. The summed E-state index contributed by atoms with van der Waals surface area (Å²) in [6.07, 6.45) is 0.567. The van der Waals surface area contributed by atoms with E-state index >= 15 is 0 Å². The Labute approximate surface area is 202 Å². The van der Waals surface area contributed by atoms with Crippen molar-refractivity contribution in [2.75, 3.05) is 19.1 Å². The number of halogens is 1. The molecule has 0 fully saturated rings. The van der Waals surface area contributed by atoms with Gasteiger partial charge in [0.1, 0.15) is 11.5 Å². The third kappa shape index (κ3) is 4.56. The second-order valence-electron chi connectivity index (χ2n) is 7.48. The van der Waals surface area contributed by atoms with Gasteiger partial charge in [-0.15, -0.1) is 0 Å². The van der Waals surface area contributed by atoms with Crippen LogP contribution in [-0.4, -0.2) is 30.4 Å². The highest BCUT2D eigenvalue weighted by atomic mass is 35.5. The van der Waals surface area contributed by atoms with Gasteiger partial charge in [0.05, 0.1) is 25.8 Å². The summed E-state index contributed by atoms with van der Waals surface area (Å²) in [4.78, 5) is 17.7. The maximum Gasteiger partial charge on any atom is 0.412 e. The molecule has 1 heterocycles. The lowest BCUT2D eigenvalue weighted by molar-refractivity contribution is 0.199. The quantitative estimate of drug-likeness (QED) is 0.309. The molecular formula is C26H23ClN2O5. The molecule has 4 aromatic rings. The molecule has 4 rings (SSSR count). The molecule has 0 aliphatic rings. The van der Waals surface area contributed by atoms with Crippen LogP contribution in [0.3, 0.4) is 0 Å². The summed E-state index contributed by atoms with van der Waals surface area (Å²) in [5.74, 6) is 2.26. The molecule has 0 spiro atoms. The van der Waals surface area contributed by atoms with Crippen LogP contribution in [0.2, 0.25) is 5.02 Å². The summed E-state index contributed by atoms with van der Waals surface area (Å²) >= 11 is 6.30. The van der Waals surface area contributed by atoms with Crippen molar-refractivity contribution in [3.05, 3.63) is 83.5 Å². The van der Waals surface area contributed by atoms with E-state index in [0.717, 1.165) is 10.9 Å². The molecule has 1 unspecified atom stereocenters. The van der Waals surface area contributed by atoms with Crippen LogP contribution in [0.25, 0.3) is 10.9 Å². The fraction of sp³-hybridized carbons (Fsp3) is 0.154. The van der Waals surface area contributed by atoms with Gasteiger partial charge in [0, 0.05) is 28.4 Å². The van der Waals surface area contributed by atoms with E-state index in [9.17, 15) is 9.90 Å². The van der Waals surface area contributed by atoms with E-state index in [0.29, 0.717) is 39.2 Å². The van der Waals surface area contributed by atoms with Crippen molar-refractivity contribution < 1.29 is 24.1 Å². The number of carbonyl (C=O) groups is 1. The third-order valence-corrected chi connectivity index (χ3v) is 5.84. The highest BCUT2D eigenvalue weighted by molar-refractivity contribution is 6.31. The topological polar surface area (TPSA) is 81.1 Å². The number of aromatic nitrogens is 1. The zero-order valence-electron chi connectivity index (χ0n) is 18.9. The highest BCUT2D eigenvalue weighted by Gasteiger charge is 2.24. The molecule has 0 saturated carbocycles. The Bertz CT molecular complexity index is 1330. The minimum atomic E-state index is -1.08. The summed E-state index contributed by atoms with van der Waals surface area (Å²) < 4.78 is 16.9. The molecule has 0 radical (unpaired) electrons. The Kier molecular flexibility index (Phi) is 6.75. The SMILES string of the molecule is COc1cc2nccc(Oc3ccc(N(C(=O)O)C(C)c4ccccc4Cl)cc3)c2cc1OC. The smallest absolute Gasteiger partial charge is 0.412 e. The minimum absolute atomic E-state index is 0.482. The van der Waals surface area contributed by atoms with Crippen molar-refractivity contribution in [2.45, 2.75) is 13.0 Å². The number of methoxy groups -OCH3 is 2. The van der Waals surface area contributed by atoms with Crippen molar-refractivity contribution in [1.82, 2.24) is 4.98 Å². The first-order valence-corrected chi connectivity index (χ1v) is 10.9. The second-order valence-corrected chi connectivity index (χ2v) is 7.89. The van der Waals surface area contributed by atoms with E-state index in [4.69, 9.17) is 25.8 Å². The summed E-state index contributed by atoms with van der Waals surface area (Å²) in [5.41, 5.74) is 1.91. The summed E-state index contributed by atoms with van der Waals surface area (Å²) in [7, 11) is 3.13. The maximum atomic E-state index is 12.1. The fourth-order valence-electron chi connectivity index (χ4n) is 3.79. The second kappa shape index (κ2) is 9.89. The van der Waals surface area contributed by atoms with Crippen LogP contribution in [0, 0.1) is 0 Å². The van der Waals surface area contributed by atoms with Crippen LogP contribution >= 0.6 is 11.6 Å². The molecule has 1 atom stereocenters. The summed E-state index contributed by atoms with van der Waals surface area (Å²) in [5, 5.41) is 11.2. The van der Waals surface area contributed by atoms with Crippen LogP contribution < -0.4 is 19.1 Å². The van der Waals surface area contributed by atoms with Crippen molar-refractivity contribution in [3.8, 4) is 23.0 Å². The van der Waals surface area contributed by atoms with Gasteiger partial charge in [-0.3, -0.25) is 9.88 Å². The molecule has 3 aromatic carbocycles. The van der Waals surface area contributed by atoms with E-state index in [1.807, 2.05) is 24.3 Å². The van der Waals surface area contributed by atoms with Gasteiger partial charge < -0.3 is 19.3 Å². The van der Waals surface area contributed by atoms with Gasteiger partial charge in [-0.25, -0.2) is 4.79 Å².